The molecule has 0 spiro atoms. The number of rotatable bonds is 8. The molecular weight excluding hydrogens is 527 g/mol. The third-order valence-electron chi connectivity index (χ3n) is 7.40. The predicted octanol–water partition coefficient (Wildman–Crippen LogP) is 6.38. The van der Waals surface area contributed by atoms with Crippen LogP contribution in [0, 0.1) is 0 Å². The predicted molar refractivity (Wildman–Crippen MR) is 178 cm³/mol. The first-order valence-electron chi connectivity index (χ1n) is 14.0. The van der Waals surface area contributed by atoms with Gasteiger partial charge in [-0.3, -0.25) is 0 Å². The Balaban J connectivity index is 0.000000199. The van der Waals surface area contributed by atoms with Gasteiger partial charge >= 0.3 is 0 Å². The molecule has 0 N–H and O–H groups in total. The average Bonchev–Trinajstić information content (AvgIpc) is 3.62. The molecule has 5 heteroatoms. The zero-order valence-electron chi connectivity index (χ0n) is 23.8. The second-order valence-corrected chi connectivity index (χ2v) is 12.1. The van der Waals surface area contributed by atoms with Crippen LogP contribution < -0.4 is 9.92 Å². The summed E-state index contributed by atoms with van der Waals surface area (Å²) in [6.45, 7) is 0. The normalized spacial score (nSPS) is 11.0. The number of imidazole rings is 1. The van der Waals surface area contributed by atoms with E-state index < -0.39 is 9.52 Å². The molecule has 2 radical (unpaired) electrons. The first kappa shape index (κ1) is 28.7. The molecule has 0 atom stereocenters. The molecule has 204 valence electrons. The van der Waals surface area contributed by atoms with Crippen molar-refractivity contribution in [2.75, 3.05) is 7.11 Å². The number of ether oxygens (including phenoxy) is 1. The van der Waals surface area contributed by atoms with Crippen molar-refractivity contribution in [2.45, 2.75) is 5.16 Å². The molecular formula is C37H33BN2OSi. The van der Waals surface area contributed by atoms with Gasteiger partial charge in [0.2, 0.25) is 0 Å². The van der Waals surface area contributed by atoms with Gasteiger partial charge < -0.3 is 9.30 Å². The van der Waals surface area contributed by atoms with Gasteiger partial charge in [0.25, 0.3) is 0 Å². The van der Waals surface area contributed by atoms with E-state index in [0.717, 1.165) is 22.4 Å². The van der Waals surface area contributed by atoms with Crippen molar-refractivity contribution < 1.29 is 4.74 Å². The quantitative estimate of drug-likeness (QED) is 0.202. The van der Waals surface area contributed by atoms with E-state index in [1.165, 1.54) is 16.3 Å². The topological polar surface area (TPSA) is 27.1 Å². The van der Waals surface area contributed by atoms with E-state index >= 15 is 0 Å². The standard InChI is InChI=1S/C23H22N2OSi.C14H11B/c1-26-21-12-14-22(15-13-21)27-23(25-17-16-24-18-25,19-8-4-2-5-9-19)20-10-6-3-7-11-20;15-11-14(12-7-3-1-4-8-12)13-9-5-2-6-10-13/h2-18H,27H2,1H3;1-11H. The van der Waals surface area contributed by atoms with Crippen LogP contribution in [0.1, 0.15) is 22.3 Å². The molecule has 0 saturated carbocycles. The number of methoxy groups -OCH3 is 1. The van der Waals surface area contributed by atoms with Crippen LogP contribution in [0.3, 0.4) is 0 Å². The Bertz CT molecular complexity index is 1580. The van der Waals surface area contributed by atoms with E-state index in [0.29, 0.717) is 0 Å². The van der Waals surface area contributed by atoms with E-state index in [9.17, 15) is 0 Å². The summed E-state index contributed by atoms with van der Waals surface area (Å²) in [5.41, 5.74) is 5.93. The van der Waals surface area contributed by atoms with Gasteiger partial charge in [-0.05, 0) is 40.0 Å². The molecule has 1 aromatic heterocycles. The average molecular weight is 561 g/mol. The van der Waals surface area contributed by atoms with E-state index in [-0.39, 0.29) is 5.16 Å². The minimum atomic E-state index is -0.826. The summed E-state index contributed by atoms with van der Waals surface area (Å²) >= 11 is 0. The van der Waals surface area contributed by atoms with Crippen LogP contribution in [0.25, 0.3) is 5.57 Å². The summed E-state index contributed by atoms with van der Waals surface area (Å²) in [4.78, 5) is 4.37. The fourth-order valence-electron chi connectivity index (χ4n) is 5.31. The maximum atomic E-state index is 5.67. The van der Waals surface area contributed by atoms with Crippen molar-refractivity contribution in [3.8, 4) is 5.75 Å². The molecule has 3 nitrogen and oxygen atoms in total. The minimum Gasteiger partial charge on any atom is -0.497 e. The highest BCUT2D eigenvalue weighted by Gasteiger charge is 2.36. The third-order valence-corrected chi connectivity index (χ3v) is 9.98. The number of benzene rings is 5. The Hall–Kier alpha value is -4.87. The highest BCUT2D eigenvalue weighted by atomic mass is 28.2. The molecule has 0 aliphatic carbocycles. The van der Waals surface area contributed by atoms with Crippen molar-refractivity contribution in [1.82, 2.24) is 9.55 Å². The van der Waals surface area contributed by atoms with Crippen molar-refractivity contribution in [1.29, 1.82) is 0 Å². The molecule has 6 aromatic rings. The van der Waals surface area contributed by atoms with Crippen LogP contribution in [-0.4, -0.2) is 34.0 Å². The van der Waals surface area contributed by atoms with Gasteiger partial charge in [0.1, 0.15) is 13.6 Å². The highest BCUT2D eigenvalue weighted by Crippen LogP contribution is 2.33. The van der Waals surface area contributed by atoms with E-state index in [4.69, 9.17) is 12.6 Å². The molecule has 42 heavy (non-hydrogen) atoms. The van der Waals surface area contributed by atoms with Crippen LogP contribution in [-0.2, 0) is 5.16 Å². The van der Waals surface area contributed by atoms with Gasteiger partial charge in [-0.15, -0.1) is 5.98 Å². The lowest BCUT2D eigenvalue weighted by Crippen LogP contribution is -2.46. The summed E-state index contributed by atoms with van der Waals surface area (Å²) in [6, 6.07) is 50.3. The Kier molecular flexibility index (Phi) is 9.66. The summed E-state index contributed by atoms with van der Waals surface area (Å²) in [7, 11) is 6.55. The van der Waals surface area contributed by atoms with Crippen LogP contribution in [0.5, 0.6) is 5.75 Å². The van der Waals surface area contributed by atoms with Gasteiger partial charge in [-0.25, -0.2) is 4.98 Å². The lowest BCUT2D eigenvalue weighted by atomic mass is 9.92. The van der Waals surface area contributed by atoms with Crippen LogP contribution in [0.15, 0.2) is 170 Å². The fourth-order valence-corrected chi connectivity index (χ4v) is 7.62. The molecule has 0 aliphatic heterocycles. The molecule has 0 fully saturated rings. The maximum absolute atomic E-state index is 5.67. The van der Waals surface area contributed by atoms with Crippen molar-refractivity contribution in [3.05, 3.63) is 193 Å². The first-order valence-corrected chi connectivity index (χ1v) is 15.4. The Morgan fingerprint density at radius 2 is 1.17 bits per heavy atom. The minimum absolute atomic E-state index is 0.242. The Morgan fingerprint density at radius 3 is 1.57 bits per heavy atom. The van der Waals surface area contributed by atoms with Crippen molar-refractivity contribution in [2.24, 2.45) is 0 Å². The van der Waals surface area contributed by atoms with E-state index in [1.54, 1.807) is 13.1 Å². The zero-order chi connectivity index (χ0) is 29.0. The molecule has 0 aliphatic rings. The van der Waals surface area contributed by atoms with Crippen LogP contribution in [0.2, 0.25) is 0 Å². The third kappa shape index (κ3) is 6.54. The molecule has 0 unspecified atom stereocenters. The van der Waals surface area contributed by atoms with Gasteiger partial charge in [0, 0.05) is 12.4 Å². The first-order chi connectivity index (χ1) is 20.7. The number of hydrogen-bond acceptors (Lipinski definition) is 2. The molecule has 6 rings (SSSR count). The summed E-state index contributed by atoms with van der Waals surface area (Å²) in [6.07, 6.45) is 5.89. The number of aromatic nitrogens is 2. The van der Waals surface area contributed by atoms with E-state index in [1.807, 2.05) is 48.9 Å². The second-order valence-electron chi connectivity index (χ2n) is 9.90. The highest BCUT2D eigenvalue weighted by molar-refractivity contribution is 6.57. The SMILES string of the molecule is COc1ccc([SiH2]C(c2ccccc2)(c2ccccc2)n2ccnc2)cc1.[B]C=C(c1ccccc1)c1ccccc1. The molecule has 0 amide bonds. The van der Waals surface area contributed by atoms with Crippen molar-refractivity contribution >= 4 is 28.1 Å². The lowest BCUT2D eigenvalue weighted by molar-refractivity contribution is 0.415. The zero-order valence-corrected chi connectivity index (χ0v) is 25.2. The van der Waals surface area contributed by atoms with Crippen LogP contribution >= 0.6 is 0 Å². The van der Waals surface area contributed by atoms with Crippen LogP contribution in [0.4, 0.5) is 0 Å². The Morgan fingerprint density at radius 1 is 0.690 bits per heavy atom. The lowest BCUT2D eigenvalue weighted by Gasteiger charge is -2.37. The number of nitrogens with zero attached hydrogens (tertiary/aromatic N) is 2. The summed E-state index contributed by atoms with van der Waals surface area (Å²) in [5.74, 6) is 2.55. The second kappa shape index (κ2) is 14.2. The van der Waals surface area contributed by atoms with Gasteiger partial charge in [-0.2, -0.15) is 0 Å². The smallest absolute Gasteiger partial charge is 0.118 e. The molecule has 0 saturated heterocycles. The van der Waals surface area contributed by atoms with E-state index in [2.05, 4.69) is 125 Å². The summed E-state index contributed by atoms with van der Waals surface area (Å²) in [5, 5.41) is 1.13. The molecule has 0 bridgehead atoms. The van der Waals surface area contributed by atoms with Gasteiger partial charge in [0.05, 0.1) is 28.1 Å². The Labute approximate surface area is 252 Å². The van der Waals surface area contributed by atoms with Gasteiger partial charge in [0.15, 0.2) is 0 Å². The monoisotopic (exact) mass is 560 g/mol. The fraction of sp³-hybridized carbons (Fsp3) is 0.0541. The largest absolute Gasteiger partial charge is 0.497 e. The maximum Gasteiger partial charge on any atom is 0.118 e. The summed E-state index contributed by atoms with van der Waals surface area (Å²) < 4.78 is 7.61. The van der Waals surface area contributed by atoms with Gasteiger partial charge in [-0.1, -0.05) is 139 Å². The molecule has 5 aromatic carbocycles. The molecule has 1 heterocycles. The number of hydrogen-bond donors (Lipinski definition) is 0. The van der Waals surface area contributed by atoms with Crippen molar-refractivity contribution in [3.63, 3.8) is 0 Å².